The summed E-state index contributed by atoms with van der Waals surface area (Å²) in [5, 5.41) is 87.7. The highest BCUT2D eigenvalue weighted by Crippen LogP contribution is 2.33. The summed E-state index contributed by atoms with van der Waals surface area (Å²) >= 11 is 0. The van der Waals surface area contributed by atoms with Crippen LogP contribution in [0.2, 0.25) is 0 Å². The Kier molecular flexibility index (Phi) is 5.60. The number of ether oxygens (including phenoxy) is 2. The molecule has 0 bridgehead atoms. The largest absolute Gasteiger partial charge is 0.394 e. The molecule has 0 amide bonds. The van der Waals surface area contributed by atoms with Gasteiger partial charge in [-0.25, -0.2) is 0 Å². The number of hydrogen-bond acceptors (Lipinski definition) is 11. The van der Waals surface area contributed by atoms with Crippen molar-refractivity contribution in [1.82, 2.24) is 0 Å². The number of hydrogen-bond donors (Lipinski definition) is 9. The fraction of sp³-hybridized carbons (Fsp3) is 1.00. The zero-order valence-corrected chi connectivity index (χ0v) is 12.0. The van der Waals surface area contributed by atoms with Crippen molar-refractivity contribution in [3.8, 4) is 0 Å². The molecule has 136 valence electrons. The second-order valence-corrected chi connectivity index (χ2v) is 5.87. The quantitative estimate of drug-likeness (QED) is 0.236. The molecule has 0 aliphatic carbocycles. The van der Waals surface area contributed by atoms with Crippen LogP contribution in [-0.4, -0.2) is 120 Å². The van der Waals surface area contributed by atoms with Gasteiger partial charge in [0.15, 0.2) is 6.29 Å². The van der Waals surface area contributed by atoms with Gasteiger partial charge in [0, 0.05) is 0 Å². The molecule has 2 fully saturated rings. The number of aliphatic hydroxyl groups is 9. The van der Waals surface area contributed by atoms with Gasteiger partial charge in [-0.1, -0.05) is 0 Å². The minimum atomic E-state index is -2.52. The maximum atomic E-state index is 10.4. The highest BCUT2D eigenvalue weighted by molar-refractivity contribution is 5.07. The Labute approximate surface area is 130 Å². The minimum Gasteiger partial charge on any atom is -0.394 e. The van der Waals surface area contributed by atoms with E-state index in [2.05, 4.69) is 0 Å². The SMILES string of the molecule is OC[C@H]1OC[C@](O)(C(O)[C@H]2O[C@H](O)[C@H](O)[C@@H](O)[C@H]2O)[C@@H](O)[C@@H]1O. The molecule has 11 nitrogen and oxygen atoms in total. The van der Waals surface area contributed by atoms with Gasteiger partial charge in [0.1, 0.15) is 54.4 Å². The zero-order chi connectivity index (χ0) is 17.5. The van der Waals surface area contributed by atoms with Crippen LogP contribution in [0.25, 0.3) is 0 Å². The van der Waals surface area contributed by atoms with Gasteiger partial charge in [0.2, 0.25) is 0 Å². The van der Waals surface area contributed by atoms with E-state index in [1.165, 1.54) is 0 Å². The molecule has 2 rings (SSSR count). The van der Waals surface area contributed by atoms with E-state index in [0.29, 0.717) is 0 Å². The van der Waals surface area contributed by atoms with Crippen molar-refractivity contribution in [1.29, 1.82) is 0 Å². The van der Waals surface area contributed by atoms with Crippen LogP contribution in [0.15, 0.2) is 0 Å². The second kappa shape index (κ2) is 6.82. The molecule has 0 aromatic heterocycles. The Balaban J connectivity index is 2.20. The maximum absolute atomic E-state index is 10.4. The molecule has 0 spiro atoms. The van der Waals surface area contributed by atoms with Crippen molar-refractivity contribution in [2.45, 2.75) is 60.7 Å². The van der Waals surface area contributed by atoms with Crippen LogP contribution in [0, 0.1) is 0 Å². The lowest BCUT2D eigenvalue weighted by atomic mass is 9.79. The smallest absolute Gasteiger partial charge is 0.184 e. The summed E-state index contributed by atoms with van der Waals surface area (Å²) in [5.74, 6) is 0. The Morgan fingerprint density at radius 1 is 0.957 bits per heavy atom. The summed E-state index contributed by atoms with van der Waals surface area (Å²) in [6.07, 6.45) is -16.3. The Morgan fingerprint density at radius 2 is 1.57 bits per heavy atom. The fourth-order valence-electron chi connectivity index (χ4n) is 2.78. The van der Waals surface area contributed by atoms with Crippen LogP contribution in [0.3, 0.4) is 0 Å². The summed E-state index contributed by atoms with van der Waals surface area (Å²) < 4.78 is 9.75. The molecular formula is C12H22O11. The van der Waals surface area contributed by atoms with Gasteiger partial charge in [0.25, 0.3) is 0 Å². The van der Waals surface area contributed by atoms with Crippen molar-refractivity contribution in [2.24, 2.45) is 0 Å². The molecule has 2 aliphatic heterocycles. The van der Waals surface area contributed by atoms with Crippen molar-refractivity contribution in [3.05, 3.63) is 0 Å². The lowest BCUT2D eigenvalue weighted by Crippen LogP contribution is -2.72. The first-order valence-corrected chi connectivity index (χ1v) is 7.02. The third-order valence-electron chi connectivity index (χ3n) is 4.37. The Hall–Kier alpha value is -0.440. The normalized spacial score (nSPS) is 53.1. The molecule has 2 heterocycles. The minimum absolute atomic E-state index is 0.642. The van der Waals surface area contributed by atoms with E-state index >= 15 is 0 Å². The molecule has 23 heavy (non-hydrogen) atoms. The summed E-state index contributed by atoms with van der Waals surface area (Å²) in [7, 11) is 0. The van der Waals surface area contributed by atoms with Crippen LogP contribution >= 0.6 is 0 Å². The third-order valence-corrected chi connectivity index (χ3v) is 4.37. The van der Waals surface area contributed by atoms with Gasteiger partial charge in [-0.15, -0.1) is 0 Å². The number of aliphatic hydroxyl groups excluding tert-OH is 8. The highest BCUT2D eigenvalue weighted by Gasteiger charge is 2.58. The molecular weight excluding hydrogens is 320 g/mol. The molecule has 10 atom stereocenters. The van der Waals surface area contributed by atoms with E-state index in [1.54, 1.807) is 0 Å². The molecule has 0 saturated carbocycles. The summed E-state index contributed by atoms with van der Waals surface area (Å²) in [5.41, 5.74) is -2.52. The average molecular weight is 342 g/mol. The molecule has 2 saturated heterocycles. The van der Waals surface area contributed by atoms with Crippen LogP contribution in [0.5, 0.6) is 0 Å². The maximum Gasteiger partial charge on any atom is 0.184 e. The van der Waals surface area contributed by atoms with E-state index in [9.17, 15) is 40.9 Å². The molecule has 11 heteroatoms. The Morgan fingerprint density at radius 3 is 2.13 bits per heavy atom. The predicted molar refractivity (Wildman–Crippen MR) is 68.7 cm³/mol. The molecule has 9 N–H and O–H groups in total. The number of rotatable bonds is 3. The van der Waals surface area contributed by atoms with Crippen LogP contribution < -0.4 is 0 Å². The van der Waals surface area contributed by atoms with Gasteiger partial charge >= 0.3 is 0 Å². The van der Waals surface area contributed by atoms with Crippen molar-refractivity contribution >= 4 is 0 Å². The highest BCUT2D eigenvalue weighted by atomic mass is 16.6. The van der Waals surface area contributed by atoms with Crippen molar-refractivity contribution in [3.63, 3.8) is 0 Å². The van der Waals surface area contributed by atoms with E-state index in [-0.39, 0.29) is 0 Å². The first-order valence-electron chi connectivity index (χ1n) is 7.02. The lowest BCUT2D eigenvalue weighted by molar-refractivity contribution is -0.331. The van der Waals surface area contributed by atoms with Crippen molar-refractivity contribution < 1.29 is 55.4 Å². The molecule has 0 aromatic rings. The second-order valence-electron chi connectivity index (χ2n) is 5.87. The van der Waals surface area contributed by atoms with Crippen LogP contribution in [0.4, 0.5) is 0 Å². The van der Waals surface area contributed by atoms with Gasteiger partial charge in [-0.3, -0.25) is 0 Å². The molecule has 0 radical (unpaired) electrons. The van der Waals surface area contributed by atoms with E-state index in [4.69, 9.17) is 14.6 Å². The predicted octanol–water partition coefficient (Wildman–Crippen LogP) is -6.01. The van der Waals surface area contributed by atoms with Gasteiger partial charge in [0.05, 0.1) is 13.2 Å². The molecule has 1 unspecified atom stereocenters. The topological polar surface area (TPSA) is 201 Å². The molecule has 2 aliphatic rings. The van der Waals surface area contributed by atoms with E-state index < -0.39 is 73.9 Å². The molecule has 0 aromatic carbocycles. The zero-order valence-electron chi connectivity index (χ0n) is 12.0. The van der Waals surface area contributed by atoms with Gasteiger partial charge < -0.3 is 55.4 Å². The standard InChI is InChI=1S/C12H22O11/c13-1-3-4(14)9(18)12(21,2-22-3)10(19)8-6(16)5(15)7(17)11(20)23-8/h3-11,13-21H,1-2H2/t3-,4-,5+,6-,7-,8+,9+,10?,11+,12-/m1/s1. The van der Waals surface area contributed by atoms with E-state index in [0.717, 1.165) is 0 Å². The monoisotopic (exact) mass is 342 g/mol. The Bertz CT molecular complexity index is 408. The summed E-state index contributed by atoms with van der Waals surface area (Å²) in [4.78, 5) is 0. The van der Waals surface area contributed by atoms with Gasteiger partial charge in [-0.2, -0.15) is 0 Å². The summed E-state index contributed by atoms with van der Waals surface area (Å²) in [6, 6.07) is 0. The third kappa shape index (κ3) is 3.10. The first kappa shape index (κ1) is 18.9. The lowest BCUT2D eigenvalue weighted by Gasteiger charge is -2.49. The van der Waals surface area contributed by atoms with Crippen LogP contribution in [-0.2, 0) is 9.47 Å². The van der Waals surface area contributed by atoms with Crippen molar-refractivity contribution in [2.75, 3.05) is 13.2 Å². The summed E-state index contributed by atoms with van der Waals surface area (Å²) in [6.45, 7) is -1.37. The van der Waals surface area contributed by atoms with Gasteiger partial charge in [-0.05, 0) is 0 Å². The average Bonchev–Trinajstić information content (AvgIpc) is 2.53. The van der Waals surface area contributed by atoms with Crippen LogP contribution in [0.1, 0.15) is 0 Å². The first-order chi connectivity index (χ1) is 10.6. The fourth-order valence-corrected chi connectivity index (χ4v) is 2.78. The van der Waals surface area contributed by atoms with E-state index in [1.807, 2.05) is 0 Å².